The summed E-state index contributed by atoms with van der Waals surface area (Å²) in [5, 5.41) is 0. The Hall–Kier alpha value is -2.18. The van der Waals surface area contributed by atoms with Crippen molar-refractivity contribution in [2.75, 3.05) is 69.2 Å². The highest BCUT2D eigenvalue weighted by atomic mass is 15.3. The molecule has 0 saturated carbocycles. The van der Waals surface area contributed by atoms with Gasteiger partial charge in [0.2, 0.25) is 0 Å². The molecule has 6 nitrogen and oxygen atoms in total. The average Bonchev–Trinajstić information content (AvgIpc) is 2.71. The van der Waals surface area contributed by atoms with Gasteiger partial charge in [-0.1, -0.05) is 23.8 Å². The standard InChI is InChI=1S/C22H32N6/c1-18-4-5-20(19(2)14-18)16-26-8-12-28(13-9-26)22-15-21(23-17-24-22)27-10-6-25(3)7-11-27/h4-5,14-15,17H,6-13,16H2,1-3H3. The van der Waals surface area contributed by atoms with Gasteiger partial charge in [0.25, 0.3) is 0 Å². The van der Waals surface area contributed by atoms with E-state index < -0.39 is 0 Å². The van der Waals surface area contributed by atoms with Crippen LogP contribution in [-0.4, -0.2) is 79.2 Å². The maximum atomic E-state index is 4.56. The van der Waals surface area contributed by atoms with Gasteiger partial charge in [0, 0.05) is 65.0 Å². The minimum absolute atomic E-state index is 1.02. The van der Waals surface area contributed by atoms with Crippen LogP contribution >= 0.6 is 0 Å². The Morgan fingerprint density at radius 2 is 1.39 bits per heavy atom. The lowest BCUT2D eigenvalue weighted by Crippen LogP contribution is -2.47. The molecule has 150 valence electrons. The zero-order valence-corrected chi connectivity index (χ0v) is 17.4. The van der Waals surface area contributed by atoms with Crippen molar-refractivity contribution in [1.82, 2.24) is 19.8 Å². The van der Waals surface area contributed by atoms with Crippen molar-refractivity contribution in [2.45, 2.75) is 20.4 Å². The minimum atomic E-state index is 1.02. The monoisotopic (exact) mass is 380 g/mol. The van der Waals surface area contributed by atoms with Gasteiger partial charge in [0.15, 0.2) is 0 Å². The van der Waals surface area contributed by atoms with Gasteiger partial charge in [0.1, 0.15) is 18.0 Å². The number of aryl methyl sites for hydroxylation is 2. The van der Waals surface area contributed by atoms with Crippen molar-refractivity contribution in [2.24, 2.45) is 0 Å². The minimum Gasteiger partial charge on any atom is -0.354 e. The van der Waals surface area contributed by atoms with Gasteiger partial charge >= 0.3 is 0 Å². The largest absolute Gasteiger partial charge is 0.354 e. The summed E-state index contributed by atoms with van der Waals surface area (Å²) in [5.74, 6) is 2.13. The third-order valence-corrected chi connectivity index (χ3v) is 6.05. The molecule has 4 rings (SSSR count). The quantitative estimate of drug-likeness (QED) is 0.809. The van der Waals surface area contributed by atoms with E-state index in [9.17, 15) is 0 Å². The Morgan fingerprint density at radius 1 is 0.786 bits per heavy atom. The SMILES string of the molecule is Cc1ccc(CN2CCN(c3cc(N4CCN(C)CC4)ncn3)CC2)c(C)c1. The van der Waals surface area contributed by atoms with Gasteiger partial charge in [0.05, 0.1) is 0 Å². The highest BCUT2D eigenvalue weighted by Gasteiger charge is 2.21. The number of hydrogen-bond donors (Lipinski definition) is 0. The molecule has 1 aromatic carbocycles. The molecule has 0 radical (unpaired) electrons. The molecule has 0 bridgehead atoms. The summed E-state index contributed by atoms with van der Waals surface area (Å²) in [6, 6.07) is 8.96. The second-order valence-corrected chi connectivity index (χ2v) is 8.22. The lowest BCUT2D eigenvalue weighted by molar-refractivity contribution is 0.249. The smallest absolute Gasteiger partial charge is 0.134 e. The number of benzene rings is 1. The molecule has 0 unspecified atom stereocenters. The number of rotatable bonds is 4. The van der Waals surface area contributed by atoms with Crippen LogP contribution in [0.2, 0.25) is 0 Å². The fraction of sp³-hybridized carbons (Fsp3) is 0.545. The van der Waals surface area contributed by atoms with Crippen molar-refractivity contribution < 1.29 is 0 Å². The van der Waals surface area contributed by atoms with E-state index in [1.807, 2.05) is 0 Å². The van der Waals surface area contributed by atoms with Gasteiger partial charge in [-0.05, 0) is 32.0 Å². The molecule has 0 amide bonds. The van der Waals surface area contributed by atoms with Gasteiger partial charge in [-0.15, -0.1) is 0 Å². The Kier molecular flexibility index (Phi) is 5.78. The van der Waals surface area contributed by atoms with E-state index in [0.717, 1.165) is 70.5 Å². The molecule has 3 heterocycles. The van der Waals surface area contributed by atoms with Crippen LogP contribution in [0.15, 0.2) is 30.6 Å². The number of nitrogens with zero attached hydrogens (tertiary/aromatic N) is 6. The second kappa shape index (κ2) is 8.45. The van der Waals surface area contributed by atoms with E-state index in [1.54, 1.807) is 6.33 Å². The Bertz CT molecular complexity index is 791. The topological polar surface area (TPSA) is 38.7 Å². The Balaban J connectivity index is 1.35. The summed E-state index contributed by atoms with van der Waals surface area (Å²) in [4.78, 5) is 18.8. The first-order valence-electron chi connectivity index (χ1n) is 10.4. The molecule has 2 saturated heterocycles. The molecule has 2 aliphatic heterocycles. The molecule has 2 fully saturated rings. The normalized spacial score (nSPS) is 19.2. The predicted molar refractivity (Wildman–Crippen MR) is 115 cm³/mol. The zero-order chi connectivity index (χ0) is 19.5. The van der Waals surface area contributed by atoms with E-state index in [0.29, 0.717) is 0 Å². The first-order chi connectivity index (χ1) is 13.6. The summed E-state index contributed by atoms with van der Waals surface area (Å²) in [6.45, 7) is 13.9. The van der Waals surface area contributed by atoms with Crippen molar-refractivity contribution in [3.05, 3.63) is 47.3 Å². The van der Waals surface area contributed by atoms with Crippen molar-refractivity contribution in [3.8, 4) is 0 Å². The fourth-order valence-corrected chi connectivity index (χ4v) is 4.12. The van der Waals surface area contributed by atoms with Gasteiger partial charge in [-0.25, -0.2) is 9.97 Å². The third kappa shape index (κ3) is 4.45. The maximum absolute atomic E-state index is 4.56. The van der Waals surface area contributed by atoms with Crippen molar-refractivity contribution >= 4 is 11.6 Å². The third-order valence-electron chi connectivity index (χ3n) is 6.05. The van der Waals surface area contributed by atoms with Crippen molar-refractivity contribution in [1.29, 1.82) is 0 Å². The van der Waals surface area contributed by atoms with Gasteiger partial charge in [-0.3, -0.25) is 4.90 Å². The number of hydrogen-bond acceptors (Lipinski definition) is 6. The molecule has 2 aromatic rings. The lowest BCUT2D eigenvalue weighted by atomic mass is 10.1. The summed E-state index contributed by atoms with van der Waals surface area (Å²) in [5.41, 5.74) is 4.18. The molecule has 0 aliphatic carbocycles. The molecule has 0 spiro atoms. The first kappa shape index (κ1) is 19.2. The highest BCUT2D eigenvalue weighted by molar-refractivity contribution is 5.50. The van der Waals surface area contributed by atoms with E-state index in [2.05, 4.69) is 74.7 Å². The van der Waals surface area contributed by atoms with E-state index in [1.165, 1.54) is 16.7 Å². The van der Waals surface area contributed by atoms with Crippen molar-refractivity contribution in [3.63, 3.8) is 0 Å². The summed E-state index contributed by atoms with van der Waals surface area (Å²) in [7, 11) is 2.18. The Morgan fingerprint density at radius 3 is 2.00 bits per heavy atom. The number of anilines is 2. The van der Waals surface area contributed by atoms with Gasteiger partial charge in [-0.2, -0.15) is 0 Å². The van der Waals surface area contributed by atoms with Crippen LogP contribution < -0.4 is 9.80 Å². The van der Waals surface area contributed by atoms with Crippen LogP contribution in [0.3, 0.4) is 0 Å². The Labute approximate surface area is 168 Å². The molecule has 28 heavy (non-hydrogen) atoms. The predicted octanol–water partition coefficient (Wildman–Crippen LogP) is 2.17. The van der Waals surface area contributed by atoms with E-state index >= 15 is 0 Å². The fourth-order valence-electron chi connectivity index (χ4n) is 4.12. The summed E-state index contributed by atoms with van der Waals surface area (Å²) in [6.07, 6.45) is 1.73. The lowest BCUT2D eigenvalue weighted by Gasteiger charge is -2.36. The van der Waals surface area contributed by atoms with E-state index in [4.69, 9.17) is 0 Å². The molecule has 6 heteroatoms. The van der Waals surface area contributed by atoms with Gasteiger partial charge < -0.3 is 14.7 Å². The molecule has 0 atom stereocenters. The molecular formula is C22H32N6. The number of piperazine rings is 2. The molecular weight excluding hydrogens is 348 g/mol. The molecule has 2 aliphatic rings. The first-order valence-corrected chi connectivity index (χ1v) is 10.4. The van der Waals surface area contributed by atoms with Crippen LogP contribution in [0.4, 0.5) is 11.6 Å². The number of likely N-dealkylation sites (N-methyl/N-ethyl adjacent to an activating group) is 1. The summed E-state index contributed by atoms with van der Waals surface area (Å²) >= 11 is 0. The highest BCUT2D eigenvalue weighted by Crippen LogP contribution is 2.21. The second-order valence-electron chi connectivity index (χ2n) is 8.22. The van der Waals surface area contributed by atoms with Crippen LogP contribution in [0, 0.1) is 13.8 Å². The molecule has 1 aromatic heterocycles. The maximum Gasteiger partial charge on any atom is 0.134 e. The zero-order valence-electron chi connectivity index (χ0n) is 17.4. The average molecular weight is 381 g/mol. The van der Waals surface area contributed by atoms with Crippen LogP contribution in [0.1, 0.15) is 16.7 Å². The van der Waals surface area contributed by atoms with E-state index in [-0.39, 0.29) is 0 Å². The van der Waals surface area contributed by atoms with Crippen LogP contribution in [-0.2, 0) is 6.54 Å². The molecule has 0 N–H and O–H groups in total. The summed E-state index contributed by atoms with van der Waals surface area (Å²) < 4.78 is 0. The number of aromatic nitrogens is 2. The van der Waals surface area contributed by atoms with Crippen LogP contribution in [0.25, 0.3) is 0 Å². The van der Waals surface area contributed by atoms with Crippen LogP contribution in [0.5, 0.6) is 0 Å².